The van der Waals surface area contributed by atoms with Gasteiger partial charge >= 0.3 is 6.09 Å². The van der Waals surface area contributed by atoms with E-state index in [0.29, 0.717) is 12.1 Å². The van der Waals surface area contributed by atoms with Crippen molar-refractivity contribution in [2.45, 2.75) is 51.3 Å². The van der Waals surface area contributed by atoms with Gasteiger partial charge in [0.15, 0.2) is 0 Å². The number of nitrogens with one attached hydrogen (secondary N) is 1. The number of carbonyl (C=O) groups excluding carboxylic acids is 1. The smallest absolute Gasteiger partial charge is 0.410 e. The zero-order chi connectivity index (χ0) is 13.6. The van der Waals surface area contributed by atoms with Gasteiger partial charge in [0.25, 0.3) is 0 Å². The predicted molar refractivity (Wildman–Crippen MR) is 73.9 cm³/mol. The van der Waals surface area contributed by atoms with Gasteiger partial charge in [-0.2, -0.15) is 0 Å². The highest BCUT2D eigenvalue weighted by atomic mass is 16.6. The van der Waals surface area contributed by atoms with Crippen molar-refractivity contribution in [3.8, 4) is 0 Å². The first-order valence-electron chi connectivity index (χ1n) is 7.33. The van der Waals surface area contributed by atoms with Crippen LogP contribution >= 0.6 is 0 Å². The molecule has 3 unspecified atom stereocenters. The molecule has 1 saturated carbocycles. The number of nitrogens with zero attached hydrogens (tertiary/aromatic N) is 1. The molecule has 3 rings (SSSR count). The van der Waals surface area contributed by atoms with Gasteiger partial charge in [-0.1, -0.05) is 12.2 Å². The van der Waals surface area contributed by atoms with Crippen molar-refractivity contribution in [2.24, 2.45) is 11.8 Å². The molecule has 4 nitrogen and oxygen atoms in total. The summed E-state index contributed by atoms with van der Waals surface area (Å²) in [7, 11) is 0. The van der Waals surface area contributed by atoms with Crippen molar-refractivity contribution in [3.63, 3.8) is 0 Å². The normalized spacial score (nSPS) is 33.6. The molecule has 3 aliphatic rings. The van der Waals surface area contributed by atoms with Crippen molar-refractivity contribution in [3.05, 3.63) is 12.2 Å². The van der Waals surface area contributed by atoms with E-state index in [9.17, 15) is 4.79 Å². The maximum Gasteiger partial charge on any atom is 0.410 e. The molecule has 4 heteroatoms. The minimum Gasteiger partial charge on any atom is -0.444 e. The first kappa shape index (κ1) is 13.0. The van der Waals surface area contributed by atoms with Gasteiger partial charge in [0.2, 0.25) is 0 Å². The second-order valence-corrected chi connectivity index (χ2v) is 7.09. The van der Waals surface area contributed by atoms with Crippen LogP contribution in [0.15, 0.2) is 12.2 Å². The van der Waals surface area contributed by atoms with E-state index in [2.05, 4.69) is 17.5 Å². The molecule has 2 fully saturated rings. The maximum atomic E-state index is 11.8. The largest absolute Gasteiger partial charge is 0.444 e. The molecule has 0 aromatic rings. The Bertz CT molecular complexity index is 393. The van der Waals surface area contributed by atoms with Crippen LogP contribution in [0.2, 0.25) is 0 Å². The molecule has 1 aliphatic heterocycles. The quantitative estimate of drug-likeness (QED) is 0.777. The molecule has 1 N–H and O–H groups in total. The van der Waals surface area contributed by atoms with E-state index in [1.54, 1.807) is 4.90 Å². The van der Waals surface area contributed by atoms with Crippen LogP contribution in [0, 0.1) is 11.8 Å². The van der Waals surface area contributed by atoms with Crippen LogP contribution in [-0.2, 0) is 4.74 Å². The van der Waals surface area contributed by atoms with E-state index in [4.69, 9.17) is 4.74 Å². The zero-order valence-electron chi connectivity index (χ0n) is 12.1. The summed E-state index contributed by atoms with van der Waals surface area (Å²) >= 11 is 0. The van der Waals surface area contributed by atoms with Crippen molar-refractivity contribution in [2.75, 3.05) is 13.1 Å². The summed E-state index contributed by atoms with van der Waals surface area (Å²) in [5.74, 6) is 1.63. The third-order valence-electron chi connectivity index (χ3n) is 4.35. The van der Waals surface area contributed by atoms with E-state index in [1.807, 2.05) is 20.8 Å². The molecule has 0 bridgehead atoms. The Morgan fingerprint density at radius 2 is 2.11 bits per heavy atom. The van der Waals surface area contributed by atoms with E-state index in [0.717, 1.165) is 24.9 Å². The van der Waals surface area contributed by atoms with Crippen LogP contribution in [0.25, 0.3) is 0 Å². The second-order valence-electron chi connectivity index (χ2n) is 7.09. The van der Waals surface area contributed by atoms with Gasteiger partial charge in [-0.05, 0) is 45.4 Å². The monoisotopic (exact) mass is 264 g/mol. The Morgan fingerprint density at radius 1 is 1.37 bits per heavy atom. The van der Waals surface area contributed by atoms with Gasteiger partial charge in [-0.3, -0.25) is 0 Å². The molecule has 1 amide bonds. The molecule has 0 spiro atoms. The lowest BCUT2D eigenvalue weighted by molar-refractivity contribution is -0.0000261. The fraction of sp³-hybridized carbons (Fsp3) is 0.800. The SMILES string of the molecule is CC(C)(C)OC(=O)N1CC(NC2CC3CC=CC32)C1. The van der Waals surface area contributed by atoms with E-state index < -0.39 is 5.60 Å². The molecule has 106 valence electrons. The van der Waals surface area contributed by atoms with Gasteiger partial charge in [0.1, 0.15) is 5.60 Å². The minimum atomic E-state index is -0.397. The van der Waals surface area contributed by atoms with Crippen LogP contribution < -0.4 is 5.32 Å². The second kappa shape index (κ2) is 4.51. The highest BCUT2D eigenvalue weighted by molar-refractivity contribution is 5.69. The zero-order valence-corrected chi connectivity index (χ0v) is 12.1. The molecule has 0 radical (unpaired) electrons. The molecule has 2 aliphatic carbocycles. The minimum absolute atomic E-state index is 0.183. The highest BCUT2D eigenvalue weighted by Crippen LogP contribution is 2.43. The number of hydrogen-bond donors (Lipinski definition) is 1. The maximum absolute atomic E-state index is 11.8. The summed E-state index contributed by atoms with van der Waals surface area (Å²) in [4.78, 5) is 13.6. The molecule has 1 heterocycles. The number of hydrogen-bond acceptors (Lipinski definition) is 3. The Balaban J connectivity index is 1.39. The average molecular weight is 264 g/mol. The van der Waals surface area contributed by atoms with Gasteiger partial charge in [-0.15, -0.1) is 0 Å². The van der Waals surface area contributed by atoms with Crippen molar-refractivity contribution in [1.29, 1.82) is 0 Å². The van der Waals surface area contributed by atoms with E-state index in [1.165, 1.54) is 12.8 Å². The summed E-state index contributed by atoms with van der Waals surface area (Å²) in [6.07, 6.45) is 7.04. The number of carbonyl (C=O) groups is 1. The summed E-state index contributed by atoms with van der Waals surface area (Å²) in [5.41, 5.74) is -0.397. The highest BCUT2D eigenvalue weighted by Gasteiger charge is 2.44. The first-order chi connectivity index (χ1) is 8.92. The fourth-order valence-electron chi connectivity index (χ4n) is 3.27. The van der Waals surface area contributed by atoms with Crippen molar-refractivity contribution < 1.29 is 9.53 Å². The summed E-state index contributed by atoms with van der Waals surface area (Å²) in [5, 5.41) is 3.67. The molecule has 1 saturated heterocycles. The Hall–Kier alpha value is -1.03. The lowest BCUT2D eigenvalue weighted by Crippen LogP contribution is -2.65. The molecule has 3 atom stereocenters. The third-order valence-corrected chi connectivity index (χ3v) is 4.35. The van der Waals surface area contributed by atoms with Crippen LogP contribution in [-0.4, -0.2) is 41.8 Å². The Morgan fingerprint density at radius 3 is 2.74 bits per heavy atom. The lowest BCUT2D eigenvalue weighted by Gasteiger charge is -2.47. The van der Waals surface area contributed by atoms with Crippen molar-refractivity contribution >= 4 is 6.09 Å². The van der Waals surface area contributed by atoms with Crippen LogP contribution in [0.3, 0.4) is 0 Å². The number of ether oxygens (including phenoxy) is 1. The van der Waals surface area contributed by atoms with Crippen molar-refractivity contribution in [1.82, 2.24) is 10.2 Å². The molecular weight excluding hydrogens is 240 g/mol. The molecule has 19 heavy (non-hydrogen) atoms. The number of allylic oxidation sites excluding steroid dienone is 1. The molecular formula is C15H24N2O2. The summed E-state index contributed by atoms with van der Waals surface area (Å²) in [6.45, 7) is 7.28. The number of rotatable bonds is 2. The van der Waals surface area contributed by atoms with Crippen LogP contribution in [0.4, 0.5) is 4.79 Å². The Labute approximate surface area is 115 Å². The molecule has 0 aromatic heterocycles. The number of amides is 1. The van der Waals surface area contributed by atoms with Gasteiger partial charge in [0, 0.05) is 25.2 Å². The van der Waals surface area contributed by atoms with Crippen LogP contribution in [0.5, 0.6) is 0 Å². The van der Waals surface area contributed by atoms with Gasteiger partial charge in [0.05, 0.1) is 0 Å². The van der Waals surface area contributed by atoms with Crippen LogP contribution in [0.1, 0.15) is 33.6 Å². The van der Waals surface area contributed by atoms with E-state index >= 15 is 0 Å². The molecule has 0 aromatic carbocycles. The first-order valence-corrected chi connectivity index (χ1v) is 7.33. The van der Waals surface area contributed by atoms with Gasteiger partial charge < -0.3 is 15.0 Å². The predicted octanol–water partition coefficient (Wildman–Crippen LogP) is 2.16. The lowest BCUT2D eigenvalue weighted by atomic mass is 9.71. The fourth-order valence-corrected chi connectivity index (χ4v) is 3.27. The topological polar surface area (TPSA) is 41.6 Å². The standard InChI is InChI=1S/C15H24N2O2/c1-15(2,3)19-14(18)17-8-11(9-17)16-13-7-10-5-4-6-12(10)13/h4,6,10-13,16H,5,7-9H2,1-3H3. The van der Waals surface area contributed by atoms with E-state index in [-0.39, 0.29) is 6.09 Å². The average Bonchev–Trinajstić information content (AvgIpc) is 2.55. The summed E-state index contributed by atoms with van der Waals surface area (Å²) in [6, 6.07) is 1.09. The third kappa shape index (κ3) is 2.64. The number of fused-ring (bicyclic) bond motifs is 1. The Kier molecular flexibility index (Phi) is 3.08. The summed E-state index contributed by atoms with van der Waals surface area (Å²) < 4.78 is 5.35. The number of likely N-dealkylation sites (tertiary alicyclic amines) is 1. The van der Waals surface area contributed by atoms with Gasteiger partial charge in [-0.25, -0.2) is 4.79 Å².